The molecule has 8 heteroatoms. The normalized spacial score (nSPS) is 28.0. The molecule has 1 saturated carbocycles. The highest BCUT2D eigenvalue weighted by atomic mass is 35.5. The highest BCUT2D eigenvalue weighted by Gasteiger charge is 2.38. The van der Waals surface area contributed by atoms with Crippen LogP contribution in [0.2, 0.25) is 0 Å². The van der Waals surface area contributed by atoms with Crippen molar-refractivity contribution in [1.29, 1.82) is 0 Å². The number of nitrogens with one attached hydrogen (secondary N) is 2. The molecule has 0 aromatic carbocycles. The number of rotatable bonds is 3. The molecule has 2 aliphatic rings. The summed E-state index contributed by atoms with van der Waals surface area (Å²) in [6.45, 7) is 1.95. The highest BCUT2D eigenvalue weighted by Crippen LogP contribution is 2.33. The Kier molecular flexibility index (Phi) is 7.09. The molecule has 1 aliphatic carbocycles. The highest BCUT2D eigenvalue weighted by molar-refractivity contribution is 5.85. The van der Waals surface area contributed by atoms with Crippen molar-refractivity contribution in [2.24, 2.45) is 13.0 Å². The second kappa shape index (κ2) is 8.13. The third kappa shape index (κ3) is 3.91. The van der Waals surface area contributed by atoms with Gasteiger partial charge in [0.2, 0.25) is 5.91 Å². The van der Waals surface area contributed by atoms with Gasteiger partial charge in [0.25, 0.3) is 0 Å². The van der Waals surface area contributed by atoms with Crippen molar-refractivity contribution in [1.82, 2.24) is 25.4 Å². The van der Waals surface area contributed by atoms with Gasteiger partial charge in [-0.15, -0.1) is 35.0 Å². The molecule has 2 fully saturated rings. The van der Waals surface area contributed by atoms with Gasteiger partial charge in [-0.3, -0.25) is 4.79 Å². The topological polar surface area (TPSA) is 71.8 Å². The molecule has 4 unspecified atom stereocenters. The molecule has 3 rings (SSSR count). The zero-order valence-electron chi connectivity index (χ0n) is 13.0. The van der Waals surface area contributed by atoms with E-state index in [2.05, 4.69) is 20.8 Å². The maximum absolute atomic E-state index is 12.4. The Bertz CT molecular complexity index is 481. The van der Waals surface area contributed by atoms with Gasteiger partial charge in [0.15, 0.2) is 5.82 Å². The second-order valence-corrected chi connectivity index (χ2v) is 6.14. The number of aryl methyl sites for hydroxylation is 1. The lowest BCUT2D eigenvalue weighted by molar-refractivity contribution is -0.123. The molecule has 22 heavy (non-hydrogen) atoms. The van der Waals surface area contributed by atoms with Crippen LogP contribution in [0.25, 0.3) is 0 Å². The Morgan fingerprint density at radius 3 is 2.77 bits per heavy atom. The SMILES string of the molecule is CC(NC(=O)C1CC2CCCCC2N1)c1nncn1C.Cl.Cl. The predicted molar refractivity (Wildman–Crippen MR) is 89.3 cm³/mol. The van der Waals surface area contributed by atoms with Gasteiger partial charge < -0.3 is 15.2 Å². The van der Waals surface area contributed by atoms with Gasteiger partial charge in [0, 0.05) is 13.1 Å². The number of fused-ring (bicyclic) bond motifs is 1. The summed E-state index contributed by atoms with van der Waals surface area (Å²) >= 11 is 0. The minimum atomic E-state index is -0.112. The largest absolute Gasteiger partial charge is 0.345 e. The Morgan fingerprint density at radius 1 is 1.41 bits per heavy atom. The van der Waals surface area contributed by atoms with Crippen LogP contribution in [0.3, 0.4) is 0 Å². The first-order valence-electron chi connectivity index (χ1n) is 7.55. The first-order valence-corrected chi connectivity index (χ1v) is 7.55. The van der Waals surface area contributed by atoms with Crippen LogP contribution < -0.4 is 10.6 Å². The first kappa shape index (κ1) is 19.2. The van der Waals surface area contributed by atoms with Crippen molar-refractivity contribution >= 4 is 30.7 Å². The molecular formula is C14H25Cl2N5O. The number of carbonyl (C=O) groups is 1. The van der Waals surface area contributed by atoms with Crippen LogP contribution in [-0.4, -0.2) is 32.8 Å². The van der Waals surface area contributed by atoms with Gasteiger partial charge in [-0.1, -0.05) is 12.8 Å². The van der Waals surface area contributed by atoms with Crippen LogP contribution in [0.15, 0.2) is 6.33 Å². The van der Waals surface area contributed by atoms with Gasteiger partial charge in [-0.2, -0.15) is 0 Å². The molecule has 126 valence electrons. The smallest absolute Gasteiger partial charge is 0.237 e. The van der Waals surface area contributed by atoms with Gasteiger partial charge in [-0.25, -0.2) is 0 Å². The number of hydrogen-bond donors (Lipinski definition) is 2. The molecule has 1 saturated heterocycles. The summed E-state index contributed by atoms with van der Waals surface area (Å²) in [7, 11) is 1.89. The van der Waals surface area contributed by atoms with Crippen molar-refractivity contribution in [2.45, 2.75) is 57.2 Å². The van der Waals surface area contributed by atoms with Crippen LogP contribution in [-0.2, 0) is 11.8 Å². The van der Waals surface area contributed by atoms with E-state index in [-0.39, 0.29) is 42.8 Å². The number of carbonyl (C=O) groups excluding carboxylic acids is 1. The van der Waals surface area contributed by atoms with Crippen molar-refractivity contribution in [3.8, 4) is 0 Å². The minimum Gasteiger partial charge on any atom is -0.345 e. The van der Waals surface area contributed by atoms with E-state index in [0.717, 1.165) is 12.2 Å². The van der Waals surface area contributed by atoms with Crippen molar-refractivity contribution in [3.05, 3.63) is 12.2 Å². The number of aromatic nitrogens is 3. The molecule has 1 amide bonds. The molecule has 1 aliphatic heterocycles. The van der Waals surface area contributed by atoms with Gasteiger partial charge >= 0.3 is 0 Å². The Hall–Kier alpha value is -0.850. The average Bonchev–Trinajstić information content (AvgIpc) is 3.04. The van der Waals surface area contributed by atoms with Gasteiger partial charge in [-0.05, 0) is 32.1 Å². The zero-order chi connectivity index (χ0) is 14.1. The van der Waals surface area contributed by atoms with Crippen molar-refractivity contribution < 1.29 is 4.79 Å². The summed E-state index contributed by atoms with van der Waals surface area (Å²) in [6.07, 6.45) is 7.71. The maximum atomic E-state index is 12.4. The summed E-state index contributed by atoms with van der Waals surface area (Å²) in [5.41, 5.74) is 0. The fourth-order valence-corrected chi connectivity index (χ4v) is 3.58. The van der Waals surface area contributed by atoms with Crippen LogP contribution >= 0.6 is 24.8 Å². The lowest BCUT2D eigenvalue weighted by Gasteiger charge is -2.24. The van der Waals surface area contributed by atoms with E-state index >= 15 is 0 Å². The average molecular weight is 350 g/mol. The maximum Gasteiger partial charge on any atom is 0.237 e. The van der Waals surface area contributed by atoms with Crippen LogP contribution in [0, 0.1) is 5.92 Å². The van der Waals surface area contributed by atoms with E-state index in [1.54, 1.807) is 6.33 Å². The Balaban J connectivity index is 0.00000121. The third-order valence-electron chi connectivity index (χ3n) is 4.67. The third-order valence-corrected chi connectivity index (χ3v) is 4.67. The lowest BCUT2D eigenvalue weighted by atomic mass is 9.85. The monoisotopic (exact) mass is 349 g/mol. The second-order valence-electron chi connectivity index (χ2n) is 6.14. The number of hydrogen-bond acceptors (Lipinski definition) is 4. The predicted octanol–water partition coefficient (Wildman–Crippen LogP) is 1.76. The summed E-state index contributed by atoms with van der Waals surface area (Å²) in [4.78, 5) is 12.4. The van der Waals surface area contributed by atoms with Crippen LogP contribution in [0.1, 0.15) is 50.9 Å². The minimum absolute atomic E-state index is 0. The number of amides is 1. The molecule has 0 radical (unpaired) electrons. The molecule has 6 nitrogen and oxygen atoms in total. The van der Waals surface area contributed by atoms with Crippen LogP contribution in [0.5, 0.6) is 0 Å². The fraction of sp³-hybridized carbons (Fsp3) is 0.786. The molecule has 0 bridgehead atoms. The lowest BCUT2D eigenvalue weighted by Crippen LogP contribution is -2.44. The summed E-state index contributed by atoms with van der Waals surface area (Å²) in [5, 5.41) is 14.5. The van der Waals surface area contributed by atoms with E-state index in [9.17, 15) is 4.79 Å². The van der Waals surface area contributed by atoms with Gasteiger partial charge in [0.1, 0.15) is 6.33 Å². The molecule has 1 aromatic rings. The summed E-state index contributed by atoms with van der Waals surface area (Å²) in [5.74, 6) is 1.56. The van der Waals surface area contributed by atoms with E-state index < -0.39 is 0 Å². The Labute approximate surface area is 143 Å². The molecule has 2 N–H and O–H groups in total. The number of nitrogens with zero attached hydrogens (tertiary/aromatic N) is 3. The van der Waals surface area contributed by atoms with Crippen LogP contribution in [0.4, 0.5) is 0 Å². The molecule has 0 spiro atoms. The quantitative estimate of drug-likeness (QED) is 0.871. The van der Waals surface area contributed by atoms with Crippen molar-refractivity contribution in [3.63, 3.8) is 0 Å². The van der Waals surface area contributed by atoms with E-state index in [1.807, 2.05) is 18.5 Å². The Morgan fingerprint density at radius 2 is 2.14 bits per heavy atom. The summed E-state index contributed by atoms with van der Waals surface area (Å²) in [6, 6.07) is 0.392. The molecule has 4 atom stereocenters. The summed E-state index contributed by atoms with van der Waals surface area (Å²) < 4.78 is 1.84. The molecule has 2 heterocycles. The first-order chi connectivity index (χ1) is 9.65. The zero-order valence-corrected chi connectivity index (χ0v) is 14.6. The molecule has 1 aromatic heterocycles. The van der Waals surface area contributed by atoms with E-state index in [4.69, 9.17) is 0 Å². The van der Waals surface area contributed by atoms with Crippen molar-refractivity contribution in [2.75, 3.05) is 0 Å². The molecular weight excluding hydrogens is 325 g/mol. The standard InChI is InChI=1S/C14H23N5O.2ClH/c1-9(13-18-15-8-19(13)2)16-14(20)12-7-10-5-3-4-6-11(10)17-12;;/h8-12,17H,3-7H2,1-2H3,(H,16,20);2*1H. The fourth-order valence-electron chi connectivity index (χ4n) is 3.58. The van der Waals surface area contributed by atoms with Gasteiger partial charge in [0.05, 0.1) is 12.1 Å². The van der Waals surface area contributed by atoms with E-state index in [0.29, 0.717) is 12.0 Å². The number of halogens is 2. The van der Waals surface area contributed by atoms with E-state index in [1.165, 1.54) is 25.7 Å².